The standard InChI is InChI=1S/C20H18F2N4O2/c21-14-8-13(9-15(22)10-14)19-25-17-11-26(6-3-18(17)28-19)20(27)16(23)7-12-1-4-24-5-2-12/h1-2,4-5,8-10,16H,3,6-7,11,23H2/t16-/m1/s1. The second-order valence-electron chi connectivity index (χ2n) is 6.72. The van der Waals surface area contributed by atoms with Crippen LogP contribution in [-0.4, -0.2) is 33.4 Å². The number of carbonyl (C=O) groups excluding carboxylic acids is 1. The van der Waals surface area contributed by atoms with Crippen molar-refractivity contribution >= 4 is 5.91 Å². The van der Waals surface area contributed by atoms with Gasteiger partial charge in [0.05, 0.1) is 12.6 Å². The lowest BCUT2D eigenvalue weighted by Crippen LogP contribution is -2.46. The van der Waals surface area contributed by atoms with Crippen molar-refractivity contribution in [2.75, 3.05) is 6.54 Å². The summed E-state index contributed by atoms with van der Waals surface area (Å²) in [6.45, 7) is 0.696. The van der Waals surface area contributed by atoms with Gasteiger partial charge in [0, 0.05) is 37.0 Å². The maximum atomic E-state index is 13.5. The summed E-state index contributed by atoms with van der Waals surface area (Å²) in [5.41, 5.74) is 7.83. The molecule has 1 atom stereocenters. The van der Waals surface area contributed by atoms with Crippen LogP contribution in [0.2, 0.25) is 0 Å². The molecular weight excluding hydrogens is 366 g/mol. The average molecular weight is 384 g/mol. The maximum Gasteiger partial charge on any atom is 0.240 e. The highest BCUT2D eigenvalue weighted by Crippen LogP contribution is 2.27. The number of benzene rings is 1. The molecule has 28 heavy (non-hydrogen) atoms. The van der Waals surface area contributed by atoms with Crippen LogP contribution >= 0.6 is 0 Å². The van der Waals surface area contributed by atoms with Gasteiger partial charge in [-0.05, 0) is 36.2 Å². The Hall–Kier alpha value is -3.13. The Bertz CT molecular complexity index is 986. The number of hydrogen-bond donors (Lipinski definition) is 1. The normalized spacial score (nSPS) is 14.6. The molecule has 0 unspecified atom stereocenters. The van der Waals surface area contributed by atoms with Gasteiger partial charge in [0.15, 0.2) is 0 Å². The zero-order valence-corrected chi connectivity index (χ0v) is 14.9. The Morgan fingerprint density at radius 1 is 1.21 bits per heavy atom. The van der Waals surface area contributed by atoms with E-state index in [0.29, 0.717) is 30.8 Å². The molecule has 0 radical (unpaired) electrons. The van der Waals surface area contributed by atoms with E-state index in [0.717, 1.165) is 23.8 Å². The van der Waals surface area contributed by atoms with E-state index in [2.05, 4.69) is 9.97 Å². The number of rotatable bonds is 4. The van der Waals surface area contributed by atoms with Crippen molar-refractivity contribution in [1.29, 1.82) is 0 Å². The van der Waals surface area contributed by atoms with E-state index < -0.39 is 17.7 Å². The summed E-state index contributed by atoms with van der Waals surface area (Å²) in [5, 5.41) is 0. The molecule has 1 aliphatic heterocycles. The first kappa shape index (κ1) is 18.2. The van der Waals surface area contributed by atoms with Crippen molar-refractivity contribution < 1.29 is 18.0 Å². The van der Waals surface area contributed by atoms with Crippen LogP contribution < -0.4 is 5.73 Å². The van der Waals surface area contributed by atoms with Crippen molar-refractivity contribution in [2.45, 2.75) is 25.4 Å². The fourth-order valence-electron chi connectivity index (χ4n) is 3.28. The van der Waals surface area contributed by atoms with Gasteiger partial charge in [-0.2, -0.15) is 0 Å². The van der Waals surface area contributed by atoms with Crippen molar-refractivity contribution in [3.63, 3.8) is 0 Å². The fraction of sp³-hybridized carbons (Fsp3) is 0.250. The Balaban J connectivity index is 1.48. The number of nitrogens with two attached hydrogens (primary N) is 1. The van der Waals surface area contributed by atoms with Crippen LogP contribution in [0.3, 0.4) is 0 Å². The van der Waals surface area contributed by atoms with E-state index in [4.69, 9.17) is 10.2 Å². The van der Waals surface area contributed by atoms with E-state index in [-0.39, 0.29) is 23.9 Å². The molecule has 144 valence electrons. The number of oxazole rings is 1. The molecule has 1 amide bonds. The van der Waals surface area contributed by atoms with Crippen molar-refractivity contribution in [1.82, 2.24) is 14.9 Å². The van der Waals surface area contributed by atoms with Gasteiger partial charge in [0.1, 0.15) is 23.1 Å². The molecule has 1 aliphatic rings. The van der Waals surface area contributed by atoms with Crippen molar-refractivity contribution in [2.24, 2.45) is 5.73 Å². The quantitative estimate of drug-likeness (QED) is 0.747. The van der Waals surface area contributed by atoms with Gasteiger partial charge in [-0.25, -0.2) is 13.8 Å². The predicted molar refractivity (Wildman–Crippen MR) is 96.9 cm³/mol. The summed E-state index contributed by atoms with van der Waals surface area (Å²) in [7, 11) is 0. The van der Waals surface area contributed by atoms with E-state index in [9.17, 15) is 13.6 Å². The highest BCUT2D eigenvalue weighted by Gasteiger charge is 2.28. The van der Waals surface area contributed by atoms with Gasteiger partial charge in [-0.1, -0.05) is 0 Å². The highest BCUT2D eigenvalue weighted by molar-refractivity contribution is 5.82. The molecule has 3 heterocycles. The van der Waals surface area contributed by atoms with Gasteiger partial charge in [0.2, 0.25) is 11.8 Å². The second-order valence-corrected chi connectivity index (χ2v) is 6.72. The topological polar surface area (TPSA) is 85.2 Å². The largest absolute Gasteiger partial charge is 0.441 e. The number of halogens is 2. The first-order valence-electron chi connectivity index (χ1n) is 8.88. The van der Waals surface area contributed by atoms with Crippen LogP contribution in [0.5, 0.6) is 0 Å². The molecular formula is C20H18F2N4O2. The van der Waals surface area contributed by atoms with Crippen molar-refractivity contribution in [3.8, 4) is 11.5 Å². The Labute approximate surface area is 160 Å². The number of pyridine rings is 1. The number of nitrogens with zero attached hydrogens (tertiary/aromatic N) is 3. The number of carbonyl (C=O) groups is 1. The summed E-state index contributed by atoms with van der Waals surface area (Å²) in [4.78, 5) is 22.6. The molecule has 1 aromatic carbocycles. The maximum absolute atomic E-state index is 13.5. The monoisotopic (exact) mass is 384 g/mol. The molecule has 6 nitrogen and oxygen atoms in total. The number of amides is 1. The first-order chi connectivity index (χ1) is 13.5. The number of fused-ring (bicyclic) bond motifs is 1. The predicted octanol–water partition coefficient (Wildman–Crippen LogP) is 2.47. The molecule has 0 spiro atoms. The number of aromatic nitrogens is 2. The molecule has 0 saturated heterocycles. The van der Waals surface area contributed by atoms with Gasteiger partial charge in [0.25, 0.3) is 0 Å². The molecule has 0 bridgehead atoms. The third-order valence-electron chi connectivity index (χ3n) is 4.67. The Kier molecular flexibility index (Phi) is 4.87. The molecule has 8 heteroatoms. The summed E-state index contributed by atoms with van der Waals surface area (Å²) in [5.74, 6) is -0.829. The third kappa shape index (κ3) is 3.77. The Morgan fingerprint density at radius 3 is 2.64 bits per heavy atom. The van der Waals surface area contributed by atoms with Crippen LogP contribution in [0.25, 0.3) is 11.5 Å². The summed E-state index contributed by atoms with van der Waals surface area (Å²) in [6, 6.07) is 6.08. The number of hydrogen-bond acceptors (Lipinski definition) is 5. The SMILES string of the molecule is N[C@H](Cc1ccncc1)C(=O)N1CCc2oc(-c3cc(F)cc(F)c3)nc2C1. The summed E-state index contributed by atoms with van der Waals surface area (Å²) >= 11 is 0. The molecule has 0 fully saturated rings. The van der Waals surface area contributed by atoms with E-state index in [1.165, 1.54) is 0 Å². The van der Waals surface area contributed by atoms with Crippen LogP contribution in [0.1, 0.15) is 17.0 Å². The molecule has 0 aliphatic carbocycles. The van der Waals surface area contributed by atoms with Gasteiger partial charge >= 0.3 is 0 Å². The summed E-state index contributed by atoms with van der Waals surface area (Å²) < 4.78 is 32.6. The second kappa shape index (κ2) is 7.47. The van der Waals surface area contributed by atoms with Crippen molar-refractivity contribution in [3.05, 3.63) is 71.4 Å². The lowest BCUT2D eigenvalue weighted by molar-refractivity contribution is -0.133. The van der Waals surface area contributed by atoms with Gasteiger partial charge in [-0.3, -0.25) is 9.78 Å². The lowest BCUT2D eigenvalue weighted by atomic mass is 10.1. The molecule has 3 aromatic rings. The van der Waals surface area contributed by atoms with Gasteiger partial charge in [-0.15, -0.1) is 0 Å². The molecule has 2 aromatic heterocycles. The lowest BCUT2D eigenvalue weighted by Gasteiger charge is -2.28. The fourth-order valence-corrected chi connectivity index (χ4v) is 3.28. The summed E-state index contributed by atoms with van der Waals surface area (Å²) in [6.07, 6.45) is 4.20. The van der Waals surface area contributed by atoms with E-state index in [1.807, 2.05) is 12.1 Å². The minimum absolute atomic E-state index is 0.138. The van der Waals surface area contributed by atoms with Crippen LogP contribution in [0.4, 0.5) is 8.78 Å². The first-order valence-corrected chi connectivity index (χ1v) is 8.88. The zero-order chi connectivity index (χ0) is 19.7. The van der Waals surface area contributed by atoms with Crippen LogP contribution in [0, 0.1) is 11.6 Å². The third-order valence-corrected chi connectivity index (χ3v) is 4.67. The minimum atomic E-state index is -0.704. The van der Waals surface area contributed by atoms with E-state index in [1.54, 1.807) is 17.3 Å². The zero-order valence-electron chi connectivity index (χ0n) is 14.9. The smallest absolute Gasteiger partial charge is 0.240 e. The Morgan fingerprint density at radius 2 is 1.93 bits per heavy atom. The average Bonchev–Trinajstić information content (AvgIpc) is 3.11. The van der Waals surface area contributed by atoms with Gasteiger partial charge < -0.3 is 15.1 Å². The van der Waals surface area contributed by atoms with Crippen LogP contribution in [-0.2, 0) is 24.2 Å². The molecule has 0 saturated carbocycles. The molecule has 2 N–H and O–H groups in total. The van der Waals surface area contributed by atoms with Crippen LogP contribution in [0.15, 0.2) is 47.1 Å². The molecule has 4 rings (SSSR count). The minimum Gasteiger partial charge on any atom is -0.441 e. The highest BCUT2D eigenvalue weighted by atomic mass is 19.1. The van der Waals surface area contributed by atoms with E-state index >= 15 is 0 Å².